The second-order valence-corrected chi connectivity index (χ2v) is 12.4. The Hall–Kier alpha value is -5.67. The van der Waals surface area contributed by atoms with Crippen LogP contribution in [-0.2, 0) is 38.7 Å². The number of ether oxygens (including phenoxy) is 5. The van der Waals surface area contributed by atoms with Crippen LogP contribution in [0.3, 0.4) is 0 Å². The van der Waals surface area contributed by atoms with Crippen molar-refractivity contribution >= 4 is 30.7 Å². The summed E-state index contributed by atoms with van der Waals surface area (Å²) in [4.78, 5) is 59.1. The van der Waals surface area contributed by atoms with Crippen LogP contribution in [0.25, 0.3) is 0 Å². The summed E-state index contributed by atoms with van der Waals surface area (Å²) in [6.45, 7) is 9.28. The summed E-state index contributed by atoms with van der Waals surface area (Å²) in [6, 6.07) is 15.4. The van der Waals surface area contributed by atoms with Gasteiger partial charge < -0.3 is 38.8 Å². The minimum absolute atomic E-state index is 0.106. The predicted octanol–water partition coefficient (Wildman–Crippen LogP) is 3.10. The van der Waals surface area contributed by atoms with Crippen molar-refractivity contribution in [2.24, 2.45) is 0 Å². The number of nitrogens with one attached hydrogen (secondary N) is 2. The van der Waals surface area contributed by atoms with Crippen molar-refractivity contribution in [3.63, 3.8) is 0 Å². The van der Waals surface area contributed by atoms with Crippen molar-refractivity contribution < 1.29 is 52.9 Å². The molecule has 3 aromatic carbocycles. The standard InChI is InChI=1S/C13H15NO4.C12H14N2O4.C12H15NO3/c1-9-6-14(8-15)7-11-4-3-10(13(16)17-2)5-12(11)18-9;1-8-5-14(7-15)6-10-3-2-9(12(16)13-17)4-11(10)18-8;1-8-6-13-7-10-4-3-9(12(14)15-2)5-11(10)16-8/h3-5,8-9H,6-7H2,1-2H3;2-4,7-8,17H,5-6H2,1H3,(H,13,16);3-5,8,13H,6-7H2,1-2H3/t9-;2*8-/m111/s1. The molecule has 278 valence electrons. The number of methoxy groups -OCH3 is 2. The molecule has 0 aromatic heterocycles. The van der Waals surface area contributed by atoms with Gasteiger partial charge in [0.15, 0.2) is 0 Å². The van der Waals surface area contributed by atoms with Crippen molar-refractivity contribution in [2.45, 2.75) is 58.7 Å². The molecule has 0 radical (unpaired) electrons. The largest absolute Gasteiger partial charge is 0.489 e. The Bertz CT molecular complexity index is 1660. The number of rotatable bonds is 5. The van der Waals surface area contributed by atoms with Crippen LogP contribution < -0.4 is 25.0 Å². The van der Waals surface area contributed by atoms with Gasteiger partial charge >= 0.3 is 11.9 Å². The Kier molecular flexibility index (Phi) is 13.9. The number of esters is 2. The molecule has 3 aliphatic rings. The molecule has 0 saturated heterocycles. The third kappa shape index (κ3) is 10.4. The maximum Gasteiger partial charge on any atom is 0.337 e. The fourth-order valence-corrected chi connectivity index (χ4v) is 5.66. The fraction of sp³-hybridized carbons (Fsp3) is 0.378. The van der Waals surface area contributed by atoms with E-state index < -0.39 is 11.9 Å². The Labute approximate surface area is 301 Å². The SMILES string of the molecule is COC(=O)c1ccc2c(c1)O[C@H](C)CN(C=O)C2.COC(=O)c1ccc2c(c1)O[C@H](C)CNC2.C[C@@H]1CN(C=O)Cc2ccc(C(=O)NO)cc2O1. The van der Waals surface area contributed by atoms with Crippen molar-refractivity contribution in [1.29, 1.82) is 0 Å². The normalized spacial score (nSPS) is 18.6. The van der Waals surface area contributed by atoms with Gasteiger partial charge in [-0.3, -0.25) is 19.6 Å². The van der Waals surface area contributed by atoms with Gasteiger partial charge in [0.1, 0.15) is 35.6 Å². The summed E-state index contributed by atoms with van der Waals surface area (Å²) in [5.41, 5.74) is 5.64. The average Bonchev–Trinajstić information content (AvgIpc) is 3.53. The molecule has 0 bridgehead atoms. The minimum atomic E-state index is -0.592. The zero-order valence-electron chi connectivity index (χ0n) is 29.7. The second kappa shape index (κ2) is 18.5. The van der Waals surface area contributed by atoms with E-state index in [1.807, 2.05) is 26.8 Å². The highest BCUT2D eigenvalue weighted by Crippen LogP contribution is 2.28. The van der Waals surface area contributed by atoms with E-state index in [2.05, 4.69) is 14.8 Å². The van der Waals surface area contributed by atoms with E-state index in [4.69, 9.17) is 19.4 Å². The molecular weight excluding hydrogens is 676 g/mol. The van der Waals surface area contributed by atoms with Crippen molar-refractivity contribution in [1.82, 2.24) is 20.6 Å². The van der Waals surface area contributed by atoms with E-state index >= 15 is 0 Å². The van der Waals surface area contributed by atoms with Crippen LogP contribution in [0.2, 0.25) is 0 Å². The Morgan fingerprint density at radius 2 is 1.13 bits per heavy atom. The van der Waals surface area contributed by atoms with Gasteiger partial charge in [0.25, 0.3) is 5.91 Å². The maximum atomic E-state index is 11.4. The lowest BCUT2D eigenvalue weighted by Crippen LogP contribution is -2.29. The topological polar surface area (TPSA) is 182 Å². The summed E-state index contributed by atoms with van der Waals surface area (Å²) in [6.07, 6.45) is 1.44. The number of amides is 3. The minimum Gasteiger partial charge on any atom is -0.489 e. The monoisotopic (exact) mass is 720 g/mol. The van der Waals surface area contributed by atoms with Gasteiger partial charge in [-0.2, -0.15) is 0 Å². The van der Waals surface area contributed by atoms with E-state index in [0.717, 1.165) is 48.3 Å². The predicted molar refractivity (Wildman–Crippen MR) is 186 cm³/mol. The van der Waals surface area contributed by atoms with Crippen molar-refractivity contribution in [3.05, 3.63) is 88.0 Å². The van der Waals surface area contributed by atoms with Gasteiger partial charge in [0.05, 0.1) is 38.4 Å². The number of hydrogen-bond donors (Lipinski definition) is 3. The molecule has 3 heterocycles. The van der Waals surface area contributed by atoms with Crippen LogP contribution in [0.15, 0.2) is 54.6 Å². The lowest BCUT2D eigenvalue weighted by Gasteiger charge is -2.16. The summed E-state index contributed by atoms with van der Waals surface area (Å²) in [5, 5.41) is 11.9. The third-order valence-electron chi connectivity index (χ3n) is 8.17. The number of hydroxylamine groups is 1. The van der Waals surface area contributed by atoms with Gasteiger partial charge in [-0.05, 0) is 57.2 Å². The molecule has 0 unspecified atom stereocenters. The van der Waals surface area contributed by atoms with Crippen molar-refractivity contribution in [3.8, 4) is 17.2 Å². The summed E-state index contributed by atoms with van der Waals surface area (Å²) in [7, 11) is 2.71. The Morgan fingerprint density at radius 3 is 1.60 bits per heavy atom. The van der Waals surface area contributed by atoms with Crippen LogP contribution in [-0.4, -0.2) is 97.8 Å². The average molecular weight is 721 g/mol. The number of benzene rings is 3. The molecule has 3 amide bonds. The lowest BCUT2D eigenvalue weighted by atomic mass is 10.1. The molecule has 6 rings (SSSR count). The molecule has 0 spiro atoms. The number of fused-ring (bicyclic) bond motifs is 3. The molecule has 15 heteroatoms. The molecule has 0 fully saturated rings. The first kappa shape index (κ1) is 39.1. The zero-order valence-corrected chi connectivity index (χ0v) is 29.7. The van der Waals surface area contributed by atoms with E-state index in [-0.39, 0.29) is 24.3 Å². The molecule has 0 aliphatic carbocycles. The quantitative estimate of drug-likeness (QED) is 0.152. The first-order valence-corrected chi connectivity index (χ1v) is 16.6. The highest BCUT2D eigenvalue weighted by molar-refractivity contribution is 5.94. The fourth-order valence-electron chi connectivity index (χ4n) is 5.66. The molecule has 3 N–H and O–H groups in total. The number of carbonyl (C=O) groups is 5. The van der Waals surface area contributed by atoms with Crippen LogP contribution in [0.5, 0.6) is 17.2 Å². The van der Waals surface area contributed by atoms with Gasteiger partial charge in [0, 0.05) is 48.4 Å². The van der Waals surface area contributed by atoms with E-state index in [1.54, 1.807) is 63.8 Å². The highest BCUT2D eigenvalue weighted by atomic mass is 16.5. The van der Waals surface area contributed by atoms with E-state index in [9.17, 15) is 24.0 Å². The number of carbonyl (C=O) groups excluding carboxylic acids is 5. The molecule has 3 aliphatic heterocycles. The summed E-state index contributed by atoms with van der Waals surface area (Å²) in [5.74, 6) is 0.635. The second-order valence-electron chi connectivity index (χ2n) is 12.4. The van der Waals surface area contributed by atoms with E-state index in [0.29, 0.717) is 54.4 Å². The number of nitrogens with zero attached hydrogens (tertiary/aromatic N) is 2. The Balaban J connectivity index is 0.000000175. The van der Waals surface area contributed by atoms with Gasteiger partial charge in [-0.25, -0.2) is 15.1 Å². The van der Waals surface area contributed by atoms with Crippen LogP contribution >= 0.6 is 0 Å². The first-order valence-electron chi connectivity index (χ1n) is 16.6. The molecule has 3 atom stereocenters. The van der Waals surface area contributed by atoms with Gasteiger partial charge in [0.2, 0.25) is 12.8 Å². The molecule has 0 saturated carbocycles. The first-order chi connectivity index (χ1) is 25.0. The summed E-state index contributed by atoms with van der Waals surface area (Å²) >= 11 is 0. The zero-order chi connectivity index (χ0) is 37.8. The van der Waals surface area contributed by atoms with E-state index in [1.165, 1.54) is 14.2 Å². The highest BCUT2D eigenvalue weighted by Gasteiger charge is 2.22. The van der Waals surface area contributed by atoms with Crippen LogP contribution in [0.4, 0.5) is 0 Å². The summed E-state index contributed by atoms with van der Waals surface area (Å²) < 4.78 is 26.4. The lowest BCUT2D eigenvalue weighted by molar-refractivity contribution is -0.120. The maximum absolute atomic E-state index is 11.4. The molecule has 52 heavy (non-hydrogen) atoms. The smallest absolute Gasteiger partial charge is 0.337 e. The van der Waals surface area contributed by atoms with Gasteiger partial charge in [-0.1, -0.05) is 18.2 Å². The third-order valence-corrected chi connectivity index (χ3v) is 8.17. The van der Waals surface area contributed by atoms with Gasteiger partial charge in [-0.15, -0.1) is 0 Å². The van der Waals surface area contributed by atoms with Crippen LogP contribution in [0.1, 0.15) is 68.5 Å². The van der Waals surface area contributed by atoms with Crippen LogP contribution in [0, 0.1) is 0 Å². The van der Waals surface area contributed by atoms with Crippen molar-refractivity contribution in [2.75, 3.05) is 33.9 Å². The number of hydrogen-bond acceptors (Lipinski definition) is 12. The Morgan fingerprint density at radius 1 is 0.712 bits per heavy atom. The molecular formula is C37H44N4O11. The molecule has 3 aromatic rings. The molecule has 15 nitrogen and oxygen atoms in total.